The van der Waals surface area contributed by atoms with E-state index >= 15 is 0 Å². The molecule has 4 aliphatic rings. The first-order valence-electron chi connectivity index (χ1n) is 8.42. The van der Waals surface area contributed by atoms with Crippen LogP contribution < -0.4 is 16.4 Å². The number of aliphatic hydroxyl groups is 2. The molecule has 4 rings (SSSR count). The molecule has 26 heavy (non-hydrogen) atoms. The van der Waals surface area contributed by atoms with Crippen molar-refractivity contribution < 1.29 is 34.0 Å². The molecule has 2 amide bonds. The van der Waals surface area contributed by atoms with Crippen LogP contribution in [-0.2, 0) is 23.8 Å². The summed E-state index contributed by atoms with van der Waals surface area (Å²) in [6, 6.07) is 0. The first kappa shape index (κ1) is 19.2. The lowest BCUT2D eigenvalue weighted by Crippen LogP contribution is -2.82. The first-order chi connectivity index (χ1) is 12.0. The van der Waals surface area contributed by atoms with Crippen molar-refractivity contribution in [3.63, 3.8) is 0 Å². The van der Waals surface area contributed by atoms with Gasteiger partial charge in [0, 0.05) is 6.54 Å². The second-order valence-corrected chi connectivity index (χ2v) is 7.42. The van der Waals surface area contributed by atoms with Crippen molar-refractivity contribution in [2.24, 2.45) is 5.73 Å². The molecule has 6 N–H and O–H groups in total. The maximum absolute atomic E-state index is 12.8. The van der Waals surface area contributed by atoms with Crippen molar-refractivity contribution in [1.29, 1.82) is 0 Å². The van der Waals surface area contributed by atoms with Gasteiger partial charge in [-0.2, -0.15) is 0 Å². The number of fused-ring (bicyclic) bond motifs is 5. The van der Waals surface area contributed by atoms with Gasteiger partial charge < -0.3 is 40.8 Å². The van der Waals surface area contributed by atoms with Gasteiger partial charge in [-0.15, -0.1) is 0 Å². The van der Waals surface area contributed by atoms with Crippen LogP contribution in [0.3, 0.4) is 0 Å². The van der Waals surface area contributed by atoms with E-state index in [1.807, 2.05) is 0 Å². The van der Waals surface area contributed by atoms with E-state index in [1.165, 1.54) is 6.08 Å². The Balaban J connectivity index is 1.98. The molecule has 146 valence electrons. The molecule has 4 aliphatic heterocycles. The number of aliphatic hydroxyl groups excluding tert-OH is 1. The third-order valence-electron chi connectivity index (χ3n) is 4.94. The number of nitrogens with two attached hydrogens (primary N) is 1. The summed E-state index contributed by atoms with van der Waals surface area (Å²) in [5.74, 6) is -2.78. The summed E-state index contributed by atoms with van der Waals surface area (Å²) in [5.41, 5.74) is 0.0231. The van der Waals surface area contributed by atoms with Gasteiger partial charge in [-0.1, -0.05) is 6.08 Å². The lowest BCUT2D eigenvalue weighted by Gasteiger charge is -2.50. The Morgan fingerprint density at radius 3 is 2.50 bits per heavy atom. The minimum atomic E-state index is -2.24. The van der Waals surface area contributed by atoms with Gasteiger partial charge in [0.1, 0.15) is 11.7 Å². The molecule has 0 saturated carbocycles. The van der Waals surface area contributed by atoms with Crippen LogP contribution in [0.4, 0.5) is 0 Å². The highest BCUT2D eigenvalue weighted by Crippen LogP contribution is 2.40. The number of piperazine rings is 1. The fourth-order valence-corrected chi connectivity index (χ4v) is 3.63. The van der Waals surface area contributed by atoms with Crippen LogP contribution in [0.25, 0.3) is 0 Å². The van der Waals surface area contributed by atoms with Crippen molar-refractivity contribution >= 4 is 11.8 Å². The van der Waals surface area contributed by atoms with Gasteiger partial charge in [-0.05, 0) is 32.8 Å². The van der Waals surface area contributed by atoms with Crippen LogP contribution in [-0.4, -0.2) is 70.7 Å². The van der Waals surface area contributed by atoms with Crippen molar-refractivity contribution in [1.82, 2.24) is 10.6 Å². The summed E-state index contributed by atoms with van der Waals surface area (Å²) in [6.45, 7) is 4.93. The summed E-state index contributed by atoms with van der Waals surface area (Å²) in [4.78, 5) is 25.4. The van der Waals surface area contributed by atoms with E-state index in [9.17, 15) is 19.8 Å². The van der Waals surface area contributed by atoms with E-state index in [4.69, 9.17) is 19.9 Å². The zero-order chi connectivity index (χ0) is 19.4. The van der Waals surface area contributed by atoms with E-state index in [0.717, 1.165) is 0 Å². The Hall–Kier alpha value is -1.56. The van der Waals surface area contributed by atoms with Crippen molar-refractivity contribution in [2.45, 2.75) is 56.1 Å². The number of nitrogens with one attached hydrogen (secondary N) is 2. The summed E-state index contributed by atoms with van der Waals surface area (Å²) < 4.78 is 16.9. The number of carbonyl (C=O) groups excluding carboxylic acids is 2. The van der Waals surface area contributed by atoms with Crippen molar-refractivity contribution in [3.8, 4) is 0 Å². The third-order valence-corrected chi connectivity index (χ3v) is 4.94. The van der Waals surface area contributed by atoms with Gasteiger partial charge in [0.05, 0.1) is 13.2 Å². The molecule has 2 bridgehead atoms. The average molecular weight is 371 g/mol. The molecule has 4 fully saturated rings. The third kappa shape index (κ3) is 2.73. The summed E-state index contributed by atoms with van der Waals surface area (Å²) in [6.07, 6.45) is 0.0100. The smallest absolute Gasteiger partial charge is 0.280 e. The topological polar surface area (TPSA) is 152 Å². The molecule has 0 aromatic rings. The quantitative estimate of drug-likeness (QED) is 0.351. The first-order valence-corrected chi connectivity index (χ1v) is 8.42. The highest BCUT2D eigenvalue weighted by atomic mass is 16.8. The Morgan fingerprint density at radius 2 is 1.92 bits per heavy atom. The van der Waals surface area contributed by atoms with Crippen molar-refractivity contribution in [3.05, 3.63) is 11.6 Å². The maximum atomic E-state index is 12.8. The fourth-order valence-electron chi connectivity index (χ4n) is 3.63. The SMILES string of the molecule is CC1(C)OC[C@@](C)([C@H](O)[C@@]23NC(=O)[C@@](O)(NC2=O)/C(=C/CN)CCO3)O1. The molecule has 0 aromatic carbocycles. The molecule has 0 aromatic heterocycles. The lowest BCUT2D eigenvalue weighted by atomic mass is 9.84. The molecule has 0 spiro atoms. The van der Waals surface area contributed by atoms with Crippen LogP contribution >= 0.6 is 0 Å². The molecule has 0 unspecified atom stereocenters. The molecular weight excluding hydrogens is 346 g/mol. The monoisotopic (exact) mass is 371 g/mol. The Labute approximate surface area is 150 Å². The molecule has 4 saturated heterocycles. The number of hydrogen-bond acceptors (Lipinski definition) is 8. The minimum absolute atomic E-state index is 0.0159. The van der Waals surface area contributed by atoms with Crippen LogP contribution in [0.15, 0.2) is 11.6 Å². The van der Waals surface area contributed by atoms with E-state index in [2.05, 4.69) is 10.6 Å². The lowest BCUT2D eigenvalue weighted by molar-refractivity contribution is -0.240. The predicted octanol–water partition coefficient (Wildman–Crippen LogP) is -2.17. The van der Waals surface area contributed by atoms with Crippen LogP contribution in [0.1, 0.15) is 27.2 Å². The Morgan fingerprint density at radius 1 is 1.23 bits per heavy atom. The van der Waals surface area contributed by atoms with Gasteiger partial charge >= 0.3 is 0 Å². The van der Waals surface area contributed by atoms with Crippen LogP contribution in [0.5, 0.6) is 0 Å². The predicted molar refractivity (Wildman–Crippen MR) is 87.2 cm³/mol. The zero-order valence-corrected chi connectivity index (χ0v) is 15.0. The van der Waals surface area contributed by atoms with E-state index < -0.39 is 40.8 Å². The van der Waals surface area contributed by atoms with Crippen LogP contribution in [0.2, 0.25) is 0 Å². The largest absolute Gasteiger partial charge is 0.384 e. The Kier molecular flexibility index (Phi) is 4.42. The molecule has 10 heteroatoms. The van der Waals surface area contributed by atoms with E-state index in [0.29, 0.717) is 0 Å². The molecule has 0 radical (unpaired) electrons. The molecule has 10 nitrogen and oxygen atoms in total. The summed E-state index contributed by atoms with van der Waals surface area (Å²) >= 11 is 0. The van der Waals surface area contributed by atoms with Crippen molar-refractivity contribution in [2.75, 3.05) is 19.8 Å². The number of ether oxygens (including phenoxy) is 3. The summed E-state index contributed by atoms with van der Waals surface area (Å²) in [5, 5.41) is 26.3. The molecule has 0 aliphatic carbocycles. The average Bonchev–Trinajstić information content (AvgIpc) is 2.84. The number of hydrogen-bond donors (Lipinski definition) is 5. The van der Waals surface area contributed by atoms with Gasteiger partial charge in [-0.3, -0.25) is 9.59 Å². The normalized spacial score (nSPS) is 42.2. The van der Waals surface area contributed by atoms with Crippen LogP contribution in [0, 0.1) is 0 Å². The number of rotatable bonds is 3. The highest BCUT2D eigenvalue weighted by molar-refractivity contribution is 6.03. The molecule has 4 heterocycles. The Bertz CT molecular complexity index is 666. The number of amides is 2. The highest BCUT2D eigenvalue weighted by Gasteiger charge is 2.65. The second kappa shape index (κ2) is 5.98. The van der Waals surface area contributed by atoms with Gasteiger partial charge in [0.2, 0.25) is 5.72 Å². The van der Waals surface area contributed by atoms with Gasteiger partial charge in [-0.25, -0.2) is 0 Å². The molecular formula is C16H25N3O7. The second-order valence-electron chi connectivity index (χ2n) is 7.42. The zero-order valence-electron chi connectivity index (χ0n) is 15.0. The standard InChI is InChI=1S/C16H25N3O7/c1-13(2)25-8-14(3,26-13)10(20)16-12(22)18-15(23,11(21)19-16)9(4-6-17)5-7-24-16/h4,10,20,23H,5-8,17H2,1-3H3,(H,18,22)(H,19,21)/b9-4+/t10-,14-,15+,16-/m0/s1. The van der Waals surface area contributed by atoms with Gasteiger partial charge in [0.15, 0.2) is 5.79 Å². The maximum Gasteiger partial charge on any atom is 0.280 e. The van der Waals surface area contributed by atoms with Gasteiger partial charge in [0.25, 0.3) is 17.5 Å². The fraction of sp³-hybridized carbons (Fsp3) is 0.750. The summed E-state index contributed by atoms with van der Waals surface area (Å²) in [7, 11) is 0. The van der Waals surface area contributed by atoms with E-state index in [-0.39, 0.29) is 31.8 Å². The minimum Gasteiger partial charge on any atom is -0.384 e. The molecule has 4 atom stereocenters. The number of carbonyl (C=O) groups is 2. The van der Waals surface area contributed by atoms with E-state index in [1.54, 1.807) is 20.8 Å².